The molecule has 0 aromatic heterocycles. The number of hydrogen-bond donors (Lipinski definition) is 1. The lowest BCUT2D eigenvalue weighted by molar-refractivity contribution is -0.142. The van der Waals surface area contributed by atoms with Crippen LogP contribution in [0, 0.1) is 5.41 Å². The summed E-state index contributed by atoms with van der Waals surface area (Å²) in [5.41, 5.74) is 0.0408. The fourth-order valence-corrected chi connectivity index (χ4v) is 1.31. The first-order valence-corrected chi connectivity index (χ1v) is 6.59. The van der Waals surface area contributed by atoms with Gasteiger partial charge in [0.2, 0.25) is 0 Å². The molecule has 110 valence electrons. The van der Waals surface area contributed by atoms with Gasteiger partial charge in [0.25, 0.3) is 0 Å². The SMILES string of the molecule is C=C(CC)Oc1cc(OC(=O)C(C)(C)C)ccc1CO. The zero-order valence-corrected chi connectivity index (χ0v) is 12.5. The molecule has 0 radical (unpaired) electrons. The Kier molecular flexibility index (Phi) is 5.34. The van der Waals surface area contributed by atoms with Crippen molar-refractivity contribution in [1.29, 1.82) is 0 Å². The summed E-state index contributed by atoms with van der Waals surface area (Å²) in [5.74, 6) is 1.10. The summed E-state index contributed by atoms with van der Waals surface area (Å²) in [6, 6.07) is 4.90. The molecule has 0 amide bonds. The summed E-state index contributed by atoms with van der Waals surface area (Å²) < 4.78 is 10.9. The van der Waals surface area contributed by atoms with Crippen LogP contribution >= 0.6 is 0 Å². The van der Waals surface area contributed by atoms with E-state index in [4.69, 9.17) is 9.47 Å². The Morgan fingerprint density at radius 1 is 1.30 bits per heavy atom. The molecule has 0 aliphatic carbocycles. The number of aliphatic hydroxyl groups is 1. The molecule has 0 heterocycles. The van der Waals surface area contributed by atoms with Crippen LogP contribution in [0.1, 0.15) is 39.7 Å². The van der Waals surface area contributed by atoms with Gasteiger partial charge in [-0.15, -0.1) is 0 Å². The summed E-state index contributed by atoms with van der Waals surface area (Å²) in [6.45, 7) is 10.9. The number of allylic oxidation sites excluding steroid dienone is 1. The standard InChI is InChI=1S/C16H22O4/c1-6-11(2)19-14-9-13(8-7-12(14)10-17)20-15(18)16(3,4)5/h7-9,17H,2,6,10H2,1,3-5H3. The number of aliphatic hydroxyl groups excluding tert-OH is 1. The first-order valence-electron chi connectivity index (χ1n) is 6.59. The minimum Gasteiger partial charge on any atom is -0.462 e. The molecule has 0 unspecified atom stereocenters. The molecule has 4 nitrogen and oxygen atoms in total. The van der Waals surface area contributed by atoms with Crippen LogP contribution in [0.4, 0.5) is 0 Å². The van der Waals surface area contributed by atoms with Gasteiger partial charge in [-0.05, 0) is 32.9 Å². The first-order chi connectivity index (χ1) is 9.27. The highest BCUT2D eigenvalue weighted by atomic mass is 16.5. The molecule has 0 saturated carbocycles. The van der Waals surface area contributed by atoms with E-state index in [9.17, 15) is 9.90 Å². The first kappa shape index (κ1) is 16.2. The smallest absolute Gasteiger partial charge is 0.316 e. The van der Waals surface area contributed by atoms with E-state index in [1.165, 1.54) is 0 Å². The second kappa shape index (κ2) is 6.57. The second-order valence-corrected chi connectivity index (χ2v) is 5.56. The minimum atomic E-state index is -0.580. The van der Waals surface area contributed by atoms with Crippen molar-refractivity contribution in [1.82, 2.24) is 0 Å². The van der Waals surface area contributed by atoms with E-state index >= 15 is 0 Å². The Morgan fingerprint density at radius 3 is 2.45 bits per heavy atom. The highest BCUT2D eigenvalue weighted by Gasteiger charge is 2.24. The van der Waals surface area contributed by atoms with E-state index in [1.54, 1.807) is 39.0 Å². The van der Waals surface area contributed by atoms with E-state index in [2.05, 4.69) is 6.58 Å². The molecule has 20 heavy (non-hydrogen) atoms. The van der Waals surface area contributed by atoms with Gasteiger partial charge < -0.3 is 14.6 Å². The molecule has 0 bridgehead atoms. The molecule has 0 spiro atoms. The number of benzene rings is 1. The summed E-state index contributed by atoms with van der Waals surface area (Å²) in [4.78, 5) is 11.8. The number of ether oxygens (including phenoxy) is 2. The van der Waals surface area contributed by atoms with Crippen molar-refractivity contribution in [2.45, 2.75) is 40.7 Å². The molecule has 1 rings (SSSR count). The van der Waals surface area contributed by atoms with Gasteiger partial charge >= 0.3 is 5.97 Å². The largest absolute Gasteiger partial charge is 0.462 e. The van der Waals surface area contributed by atoms with Crippen molar-refractivity contribution < 1.29 is 19.4 Å². The molecule has 1 aromatic rings. The van der Waals surface area contributed by atoms with Crippen LogP contribution in [-0.2, 0) is 11.4 Å². The molecule has 0 aliphatic heterocycles. The molecule has 1 aromatic carbocycles. The lowest BCUT2D eigenvalue weighted by Crippen LogP contribution is -2.25. The predicted molar refractivity (Wildman–Crippen MR) is 77.5 cm³/mol. The molecular weight excluding hydrogens is 256 g/mol. The van der Waals surface area contributed by atoms with Crippen molar-refractivity contribution in [2.75, 3.05) is 0 Å². The van der Waals surface area contributed by atoms with Gasteiger partial charge in [-0.2, -0.15) is 0 Å². The highest BCUT2D eigenvalue weighted by molar-refractivity contribution is 5.78. The lowest BCUT2D eigenvalue weighted by atomic mass is 9.97. The normalized spacial score (nSPS) is 11.1. The molecule has 0 fully saturated rings. The topological polar surface area (TPSA) is 55.8 Å². The zero-order chi connectivity index (χ0) is 15.3. The number of carbonyl (C=O) groups is 1. The summed E-state index contributed by atoms with van der Waals surface area (Å²) in [7, 11) is 0. The van der Waals surface area contributed by atoms with E-state index < -0.39 is 5.41 Å². The fourth-order valence-electron chi connectivity index (χ4n) is 1.31. The van der Waals surface area contributed by atoms with Crippen molar-refractivity contribution in [2.24, 2.45) is 5.41 Å². The fraction of sp³-hybridized carbons (Fsp3) is 0.438. The van der Waals surface area contributed by atoms with Gasteiger partial charge in [-0.3, -0.25) is 4.79 Å². The van der Waals surface area contributed by atoms with Gasteiger partial charge in [-0.25, -0.2) is 0 Å². The second-order valence-electron chi connectivity index (χ2n) is 5.56. The molecule has 1 N–H and O–H groups in total. The number of hydrogen-bond acceptors (Lipinski definition) is 4. The zero-order valence-electron chi connectivity index (χ0n) is 12.5. The summed E-state index contributed by atoms with van der Waals surface area (Å²) in [6.07, 6.45) is 0.664. The molecule has 0 aliphatic rings. The van der Waals surface area contributed by atoms with Crippen LogP contribution in [-0.4, -0.2) is 11.1 Å². The van der Waals surface area contributed by atoms with Crippen molar-refractivity contribution >= 4 is 5.97 Å². The Bertz CT molecular complexity index is 498. The van der Waals surface area contributed by atoms with Gasteiger partial charge in [0.15, 0.2) is 0 Å². The summed E-state index contributed by atoms with van der Waals surface area (Å²) >= 11 is 0. The van der Waals surface area contributed by atoms with Crippen LogP contribution < -0.4 is 9.47 Å². The summed E-state index contributed by atoms with van der Waals surface area (Å²) in [5, 5.41) is 9.29. The molecule has 0 saturated heterocycles. The van der Waals surface area contributed by atoms with Gasteiger partial charge in [-0.1, -0.05) is 13.5 Å². The lowest BCUT2D eigenvalue weighted by Gasteiger charge is -2.17. The average Bonchev–Trinajstić information content (AvgIpc) is 2.37. The number of esters is 1. The molecule has 4 heteroatoms. The Labute approximate surface area is 120 Å². The molecule has 0 atom stereocenters. The van der Waals surface area contributed by atoms with Crippen LogP contribution in [0.2, 0.25) is 0 Å². The third-order valence-corrected chi connectivity index (χ3v) is 2.68. The third-order valence-electron chi connectivity index (χ3n) is 2.68. The number of rotatable bonds is 5. The maximum Gasteiger partial charge on any atom is 0.316 e. The minimum absolute atomic E-state index is 0.153. The maximum absolute atomic E-state index is 11.8. The predicted octanol–water partition coefficient (Wildman–Crippen LogP) is 3.43. The van der Waals surface area contributed by atoms with E-state index in [1.807, 2.05) is 6.92 Å². The van der Waals surface area contributed by atoms with Crippen LogP contribution in [0.25, 0.3) is 0 Å². The molecular formula is C16H22O4. The van der Waals surface area contributed by atoms with Crippen LogP contribution in [0.5, 0.6) is 11.5 Å². The van der Waals surface area contributed by atoms with E-state index in [0.717, 1.165) is 0 Å². The highest BCUT2D eigenvalue weighted by Crippen LogP contribution is 2.28. The average molecular weight is 278 g/mol. The van der Waals surface area contributed by atoms with E-state index in [0.29, 0.717) is 29.2 Å². The van der Waals surface area contributed by atoms with E-state index in [-0.39, 0.29) is 12.6 Å². The van der Waals surface area contributed by atoms with Crippen molar-refractivity contribution in [3.63, 3.8) is 0 Å². The quantitative estimate of drug-likeness (QED) is 0.509. The Hall–Kier alpha value is -1.81. The van der Waals surface area contributed by atoms with Crippen molar-refractivity contribution in [3.05, 3.63) is 36.1 Å². The monoisotopic (exact) mass is 278 g/mol. The van der Waals surface area contributed by atoms with Gasteiger partial charge in [0.05, 0.1) is 17.8 Å². The maximum atomic E-state index is 11.8. The number of carbonyl (C=O) groups excluding carboxylic acids is 1. The Morgan fingerprint density at radius 2 is 1.95 bits per heavy atom. The Balaban J connectivity index is 2.98. The van der Waals surface area contributed by atoms with Crippen LogP contribution in [0.3, 0.4) is 0 Å². The van der Waals surface area contributed by atoms with Crippen LogP contribution in [0.15, 0.2) is 30.5 Å². The van der Waals surface area contributed by atoms with Crippen molar-refractivity contribution in [3.8, 4) is 11.5 Å². The van der Waals surface area contributed by atoms with Gasteiger partial charge in [0, 0.05) is 18.1 Å². The van der Waals surface area contributed by atoms with Gasteiger partial charge in [0.1, 0.15) is 11.5 Å². The third kappa shape index (κ3) is 4.38.